The van der Waals surface area contributed by atoms with E-state index in [2.05, 4.69) is 9.97 Å². The fraction of sp³-hybridized carbons (Fsp3) is 0.333. The van der Waals surface area contributed by atoms with E-state index >= 15 is 0 Å². The van der Waals surface area contributed by atoms with Crippen molar-refractivity contribution < 1.29 is 13.7 Å². The van der Waals surface area contributed by atoms with Gasteiger partial charge in [-0.25, -0.2) is 13.2 Å². The van der Waals surface area contributed by atoms with Gasteiger partial charge in [-0.05, 0) is 26.0 Å². The average Bonchev–Trinajstić information content (AvgIpc) is 2.95. The highest BCUT2D eigenvalue weighted by atomic mass is 32.2. The van der Waals surface area contributed by atoms with Crippen LogP contribution >= 0.6 is 0 Å². The van der Waals surface area contributed by atoms with Gasteiger partial charge in [-0.15, -0.1) is 0 Å². The monoisotopic (exact) mass is 359 g/mol. The number of aryl methyl sites for hydroxylation is 1. The minimum Gasteiger partial charge on any atom is -0.497 e. The van der Waals surface area contributed by atoms with Crippen molar-refractivity contribution in [2.75, 3.05) is 20.5 Å². The zero-order valence-electron chi connectivity index (χ0n) is 15.0. The number of hydrogen-bond donors (Lipinski definition) is 0. The van der Waals surface area contributed by atoms with Gasteiger partial charge in [-0.3, -0.25) is 4.98 Å². The third-order valence-electron chi connectivity index (χ3n) is 4.22. The highest BCUT2D eigenvalue weighted by Gasteiger charge is 2.17. The molecule has 0 aliphatic rings. The van der Waals surface area contributed by atoms with Gasteiger partial charge < -0.3 is 9.47 Å². The minimum absolute atomic E-state index is 0.471. The van der Waals surface area contributed by atoms with Crippen molar-refractivity contribution in [3.05, 3.63) is 47.0 Å². The van der Waals surface area contributed by atoms with Gasteiger partial charge in [0.15, 0.2) is 0 Å². The lowest BCUT2D eigenvalue weighted by Gasteiger charge is -2.12. The van der Waals surface area contributed by atoms with Crippen molar-refractivity contribution in [2.24, 2.45) is 0 Å². The van der Waals surface area contributed by atoms with Crippen LogP contribution in [0.3, 0.4) is 0 Å². The van der Waals surface area contributed by atoms with Crippen LogP contribution in [-0.4, -0.2) is 38.6 Å². The van der Waals surface area contributed by atoms with E-state index in [1.54, 1.807) is 30.6 Å². The topological polar surface area (TPSA) is 66.2 Å². The summed E-state index contributed by atoms with van der Waals surface area (Å²) in [5, 5.41) is 0. The largest absolute Gasteiger partial charge is 0.497 e. The molecule has 0 fully saturated rings. The smallest absolute Gasteiger partial charge is 0.128 e. The van der Waals surface area contributed by atoms with E-state index in [-0.39, 0.29) is 0 Å². The maximum Gasteiger partial charge on any atom is 0.128 e. The van der Waals surface area contributed by atoms with Crippen molar-refractivity contribution in [2.45, 2.75) is 20.3 Å². The molecule has 0 saturated heterocycles. The van der Waals surface area contributed by atoms with Crippen molar-refractivity contribution in [1.29, 1.82) is 0 Å². The number of imidazole rings is 1. The maximum atomic E-state index is 12.3. The molecular formula is C18H21N3O3S. The molecule has 0 radical (unpaired) electrons. The molecule has 132 valence electrons. The Morgan fingerprint density at radius 3 is 2.60 bits per heavy atom. The van der Waals surface area contributed by atoms with Gasteiger partial charge >= 0.3 is 0 Å². The number of rotatable bonds is 5. The fourth-order valence-corrected chi connectivity index (χ4v) is 3.85. The quantitative estimate of drug-likeness (QED) is 0.701. The van der Waals surface area contributed by atoms with Gasteiger partial charge in [0.2, 0.25) is 0 Å². The average molecular weight is 359 g/mol. The molecule has 0 spiro atoms. The van der Waals surface area contributed by atoms with Crippen molar-refractivity contribution in [1.82, 2.24) is 13.9 Å². The van der Waals surface area contributed by atoms with Gasteiger partial charge in [0.05, 0.1) is 30.9 Å². The molecule has 2 aromatic heterocycles. The molecule has 0 aliphatic heterocycles. The second kappa shape index (κ2) is 6.84. The van der Waals surface area contributed by atoms with E-state index in [0.29, 0.717) is 12.2 Å². The number of benzene rings is 1. The summed E-state index contributed by atoms with van der Waals surface area (Å²) in [6.45, 7) is 3.94. The molecule has 1 unspecified atom stereocenters. The Kier molecular flexibility index (Phi) is 4.76. The van der Waals surface area contributed by atoms with Gasteiger partial charge in [-0.1, -0.05) is 0 Å². The van der Waals surface area contributed by atoms with Crippen LogP contribution in [0.1, 0.15) is 22.6 Å². The summed E-state index contributed by atoms with van der Waals surface area (Å²) < 4.78 is 24.8. The molecule has 6 nitrogen and oxygen atoms in total. The number of nitrogens with zero attached hydrogens (tertiary/aromatic N) is 3. The number of methoxy groups -OCH3 is 2. The lowest BCUT2D eigenvalue weighted by molar-refractivity contribution is 0.407. The number of fused-ring (bicyclic) bond motifs is 1. The molecule has 1 aromatic carbocycles. The number of ether oxygens (including phenoxy) is 2. The van der Waals surface area contributed by atoms with Crippen molar-refractivity contribution >= 4 is 22.0 Å². The summed E-state index contributed by atoms with van der Waals surface area (Å²) in [5.41, 5.74) is 4.38. The Labute approximate surface area is 149 Å². The van der Waals surface area contributed by atoms with Crippen LogP contribution in [0.15, 0.2) is 24.4 Å². The summed E-state index contributed by atoms with van der Waals surface area (Å²) >= 11 is 0. The first-order valence-electron chi connectivity index (χ1n) is 7.84. The van der Waals surface area contributed by atoms with Gasteiger partial charge in [0.1, 0.15) is 28.3 Å². The Bertz CT molecular complexity index is 966. The molecule has 3 aromatic rings. The molecule has 2 heterocycles. The summed E-state index contributed by atoms with van der Waals surface area (Å²) in [6.07, 6.45) is 3.91. The van der Waals surface area contributed by atoms with Crippen LogP contribution in [0.2, 0.25) is 0 Å². The van der Waals surface area contributed by atoms with Crippen LogP contribution < -0.4 is 9.47 Å². The Hall–Kier alpha value is -2.41. The lowest BCUT2D eigenvalue weighted by atomic mass is 10.1. The van der Waals surface area contributed by atoms with E-state index in [9.17, 15) is 4.21 Å². The third-order valence-corrected chi connectivity index (χ3v) is 5.14. The molecule has 7 heteroatoms. The zero-order valence-corrected chi connectivity index (χ0v) is 15.8. The fourth-order valence-electron chi connectivity index (χ4n) is 3.01. The molecule has 0 N–H and O–H groups in total. The summed E-state index contributed by atoms with van der Waals surface area (Å²) in [7, 11) is 2.04. The third kappa shape index (κ3) is 3.11. The highest BCUT2D eigenvalue weighted by Crippen LogP contribution is 2.27. The van der Waals surface area contributed by atoms with Gasteiger partial charge in [0, 0.05) is 36.1 Å². The van der Waals surface area contributed by atoms with E-state index in [1.807, 2.05) is 32.0 Å². The number of pyridine rings is 1. The second-order valence-corrected chi connectivity index (χ2v) is 7.04. The highest BCUT2D eigenvalue weighted by molar-refractivity contribution is 7.82. The first kappa shape index (κ1) is 17.4. The lowest BCUT2D eigenvalue weighted by Crippen LogP contribution is -2.09. The SMILES string of the molecule is COc1ccc2c(c1)nc(Cc1ncc(C)c(OC)c1C)n2S(C)=O. The Morgan fingerprint density at radius 1 is 1.20 bits per heavy atom. The normalized spacial score (nSPS) is 12.4. The predicted octanol–water partition coefficient (Wildman–Crippen LogP) is 2.80. The van der Waals surface area contributed by atoms with E-state index in [4.69, 9.17) is 9.47 Å². The molecule has 3 rings (SSSR count). The van der Waals surface area contributed by atoms with Gasteiger partial charge in [-0.2, -0.15) is 0 Å². The van der Waals surface area contributed by atoms with Crippen LogP contribution in [0.25, 0.3) is 11.0 Å². The van der Waals surface area contributed by atoms with E-state index < -0.39 is 11.0 Å². The van der Waals surface area contributed by atoms with Crippen LogP contribution in [0.4, 0.5) is 0 Å². The first-order valence-corrected chi connectivity index (χ1v) is 9.36. The summed E-state index contributed by atoms with van der Waals surface area (Å²) in [4.78, 5) is 9.20. The first-order chi connectivity index (χ1) is 12.0. The number of hydrogen-bond acceptors (Lipinski definition) is 5. The van der Waals surface area contributed by atoms with Gasteiger partial charge in [0.25, 0.3) is 0 Å². The molecule has 0 saturated carbocycles. The summed E-state index contributed by atoms with van der Waals surface area (Å²) in [5.74, 6) is 2.24. The standard InChI is InChI=1S/C18H21N3O3S/c1-11-10-19-14(12(2)18(11)24-4)9-17-20-15-8-13(23-3)6-7-16(15)21(17)25(5)22/h6-8,10H,9H2,1-5H3. The van der Waals surface area contributed by atoms with E-state index in [0.717, 1.165) is 39.4 Å². The predicted molar refractivity (Wildman–Crippen MR) is 98.8 cm³/mol. The molecule has 0 amide bonds. The Morgan fingerprint density at radius 2 is 1.96 bits per heavy atom. The second-order valence-electron chi connectivity index (χ2n) is 5.82. The molecule has 0 bridgehead atoms. The summed E-state index contributed by atoms with van der Waals surface area (Å²) in [6, 6.07) is 5.57. The molecular weight excluding hydrogens is 338 g/mol. The zero-order chi connectivity index (χ0) is 18.1. The number of aromatic nitrogens is 3. The van der Waals surface area contributed by atoms with Crippen LogP contribution in [-0.2, 0) is 17.4 Å². The molecule has 1 atom stereocenters. The van der Waals surface area contributed by atoms with Crippen LogP contribution in [0.5, 0.6) is 11.5 Å². The van der Waals surface area contributed by atoms with Crippen LogP contribution in [0, 0.1) is 13.8 Å². The Balaban J connectivity index is 2.13. The minimum atomic E-state index is -1.23. The van der Waals surface area contributed by atoms with Crippen molar-refractivity contribution in [3.63, 3.8) is 0 Å². The van der Waals surface area contributed by atoms with E-state index in [1.165, 1.54) is 0 Å². The van der Waals surface area contributed by atoms with Crippen molar-refractivity contribution in [3.8, 4) is 11.5 Å². The molecule has 25 heavy (non-hydrogen) atoms. The maximum absolute atomic E-state index is 12.3. The molecule has 0 aliphatic carbocycles.